The van der Waals surface area contributed by atoms with Gasteiger partial charge in [-0.05, 0) is 71.3 Å². The number of benzene rings is 1. The van der Waals surface area contributed by atoms with Crippen molar-refractivity contribution in [3.63, 3.8) is 0 Å². The highest BCUT2D eigenvalue weighted by atomic mass is 35.5. The first-order chi connectivity index (χ1) is 17.3. The van der Waals surface area contributed by atoms with E-state index in [1.807, 2.05) is 43.1 Å². The van der Waals surface area contributed by atoms with Crippen molar-refractivity contribution in [1.29, 1.82) is 0 Å². The number of aromatic amines is 1. The van der Waals surface area contributed by atoms with Crippen molar-refractivity contribution in [2.24, 2.45) is 0 Å². The molecule has 1 aliphatic carbocycles. The van der Waals surface area contributed by atoms with Crippen LogP contribution in [0.5, 0.6) is 0 Å². The van der Waals surface area contributed by atoms with Gasteiger partial charge in [0.25, 0.3) is 5.91 Å². The summed E-state index contributed by atoms with van der Waals surface area (Å²) < 4.78 is 0. The number of H-pyrrole nitrogens is 1. The largest absolute Gasteiger partial charge is 0.379 e. The molecule has 0 spiro atoms. The van der Waals surface area contributed by atoms with Gasteiger partial charge in [0.1, 0.15) is 5.82 Å². The average Bonchev–Trinajstić information content (AvgIpc) is 3.19. The lowest BCUT2D eigenvalue weighted by atomic mass is 10.0. The Morgan fingerprint density at radius 1 is 1.33 bits per heavy atom. The second-order valence-corrected chi connectivity index (χ2v) is 10.4. The Balaban J connectivity index is 1.66. The van der Waals surface area contributed by atoms with Gasteiger partial charge in [0.15, 0.2) is 0 Å². The van der Waals surface area contributed by atoms with Crippen LogP contribution >= 0.6 is 23.2 Å². The number of alkyl halides is 1. The predicted octanol–water partition coefficient (Wildman–Crippen LogP) is 6.26. The maximum absolute atomic E-state index is 13.5. The number of carbonyl (C=O) groups is 1. The van der Waals surface area contributed by atoms with E-state index in [1.54, 1.807) is 0 Å². The normalized spacial score (nSPS) is 17.7. The van der Waals surface area contributed by atoms with Crippen LogP contribution in [0, 0.1) is 0 Å². The molecule has 6 nitrogen and oxygen atoms in total. The number of hydrogen-bond donors (Lipinski definition) is 3. The molecule has 2 aromatic rings. The van der Waals surface area contributed by atoms with Gasteiger partial charge in [0.05, 0.1) is 22.5 Å². The number of nitrogens with zero attached hydrogens (tertiary/aromatic N) is 2. The third kappa shape index (κ3) is 7.15. The number of aromatic nitrogens is 2. The summed E-state index contributed by atoms with van der Waals surface area (Å²) in [6.07, 6.45) is 8.07. The molecule has 8 heteroatoms. The Morgan fingerprint density at radius 3 is 2.81 bits per heavy atom. The average molecular weight is 533 g/mol. The Hall–Kier alpha value is -2.28. The van der Waals surface area contributed by atoms with Crippen LogP contribution in [0.3, 0.4) is 0 Å². The fraction of sp³-hybridized carbons (Fsp3) is 0.500. The quantitative estimate of drug-likeness (QED) is 0.282. The van der Waals surface area contributed by atoms with Crippen molar-refractivity contribution in [2.45, 2.75) is 70.3 Å². The van der Waals surface area contributed by atoms with Gasteiger partial charge >= 0.3 is 0 Å². The molecule has 1 aromatic heterocycles. The van der Waals surface area contributed by atoms with Crippen molar-refractivity contribution in [2.75, 3.05) is 20.1 Å². The van der Waals surface area contributed by atoms with E-state index < -0.39 is 0 Å². The molecule has 1 aromatic carbocycles. The van der Waals surface area contributed by atoms with Crippen molar-refractivity contribution >= 4 is 40.1 Å². The minimum Gasteiger partial charge on any atom is -0.379 e. The number of amides is 1. The Morgan fingerprint density at radius 2 is 2.11 bits per heavy atom. The molecular formula is C28H39Cl2N5O. The minimum absolute atomic E-state index is 0.0368. The summed E-state index contributed by atoms with van der Waals surface area (Å²) in [5.74, 6) is 0.883. The van der Waals surface area contributed by atoms with Gasteiger partial charge in [-0.15, -0.1) is 11.6 Å². The second kappa shape index (κ2) is 13.3. The van der Waals surface area contributed by atoms with Crippen molar-refractivity contribution in [3.8, 4) is 0 Å². The van der Waals surface area contributed by atoms with E-state index in [4.69, 9.17) is 23.2 Å². The van der Waals surface area contributed by atoms with E-state index in [0.717, 1.165) is 54.8 Å². The van der Waals surface area contributed by atoms with Crippen LogP contribution in [-0.4, -0.2) is 52.3 Å². The van der Waals surface area contributed by atoms with E-state index in [0.29, 0.717) is 23.6 Å². The zero-order valence-electron chi connectivity index (χ0n) is 21.8. The van der Waals surface area contributed by atoms with Crippen LogP contribution in [0.1, 0.15) is 64.7 Å². The van der Waals surface area contributed by atoms with Gasteiger partial charge < -0.3 is 20.5 Å². The number of likely N-dealkylation sites (N-methyl/N-ethyl adjacent to an activating group) is 1. The number of carbonyl (C=O) groups excluding carboxylic acids is 1. The summed E-state index contributed by atoms with van der Waals surface area (Å²) in [4.78, 5) is 23.4. The van der Waals surface area contributed by atoms with E-state index >= 15 is 0 Å². The standard InChI is InChI=1S/C28H39Cl2N5O/c1-6-22(14-15-31-5)35(7-2)28(36)23-11-8-20(9-12-24(23)30)16-18(3)32-19(4)27-33-25-13-10-21(29)17-26(25)34-27/h8,10-11,13,17,19,22,24,31-32H,3,6-7,9,12,14-16H2,1-2,4-5H3,(H,33,34). The summed E-state index contributed by atoms with van der Waals surface area (Å²) in [6, 6.07) is 5.79. The van der Waals surface area contributed by atoms with E-state index in [9.17, 15) is 4.79 Å². The molecule has 1 amide bonds. The predicted molar refractivity (Wildman–Crippen MR) is 151 cm³/mol. The van der Waals surface area contributed by atoms with Crippen LogP contribution in [0.4, 0.5) is 0 Å². The molecule has 3 rings (SSSR count). The number of hydrogen-bond acceptors (Lipinski definition) is 4. The summed E-state index contributed by atoms with van der Waals surface area (Å²) in [5.41, 5.74) is 4.58. The smallest absolute Gasteiger partial charge is 0.251 e. The monoisotopic (exact) mass is 531 g/mol. The number of rotatable bonds is 12. The summed E-state index contributed by atoms with van der Waals surface area (Å²) in [7, 11) is 1.94. The maximum Gasteiger partial charge on any atom is 0.251 e. The number of imidazole rings is 1. The molecule has 0 radical (unpaired) electrons. The lowest BCUT2D eigenvalue weighted by Gasteiger charge is -2.32. The molecule has 3 N–H and O–H groups in total. The van der Waals surface area contributed by atoms with Gasteiger partial charge in [0.2, 0.25) is 0 Å². The molecule has 0 fully saturated rings. The molecule has 3 unspecified atom stereocenters. The highest BCUT2D eigenvalue weighted by molar-refractivity contribution is 6.31. The lowest BCUT2D eigenvalue weighted by molar-refractivity contribution is -0.129. The first kappa shape index (κ1) is 28.3. The van der Waals surface area contributed by atoms with Crippen molar-refractivity contribution in [1.82, 2.24) is 25.5 Å². The van der Waals surface area contributed by atoms with Crippen LogP contribution in [0.15, 0.2) is 53.8 Å². The van der Waals surface area contributed by atoms with Gasteiger partial charge in [-0.25, -0.2) is 4.98 Å². The summed E-state index contributed by atoms with van der Waals surface area (Å²) >= 11 is 12.8. The number of nitrogens with one attached hydrogen (secondary N) is 3. The molecule has 0 aliphatic heterocycles. The Bertz CT molecular complexity index is 1120. The minimum atomic E-state index is -0.301. The van der Waals surface area contributed by atoms with Crippen molar-refractivity contribution < 1.29 is 4.79 Å². The third-order valence-electron chi connectivity index (χ3n) is 6.78. The molecular weight excluding hydrogens is 493 g/mol. The lowest BCUT2D eigenvalue weighted by Crippen LogP contribution is -2.43. The molecule has 36 heavy (non-hydrogen) atoms. The van der Waals surface area contributed by atoms with Gasteiger partial charge in [-0.2, -0.15) is 0 Å². The van der Waals surface area contributed by atoms with Crippen LogP contribution in [-0.2, 0) is 4.79 Å². The van der Waals surface area contributed by atoms with E-state index in [2.05, 4.69) is 47.1 Å². The number of halogens is 2. The van der Waals surface area contributed by atoms with E-state index in [-0.39, 0.29) is 23.4 Å². The zero-order chi connectivity index (χ0) is 26.2. The molecule has 1 aliphatic rings. The fourth-order valence-electron chi connectivity index (χ4n) is 4.75. The van der Waals surface area contributed by atoms with Crippen LogP contribution in [0.25, 0.3) is 11.0 Å². The molecule has 0 saturated carbocycles. The maximum atomic E-state index is 13.5. The summed E-state index contributed by atoms with van der Waals surface area (Å²) in [6.45, 7) is 12.0. The zero-order valence-corrected chi connectivity index (χ0v) is 23.3. The number of allylic oxidation sites excluding steroid dienone is 3. The van der Waals surface area contributed by atoms with Gasteiger partial charge in [-0.1, -0.05) is 42.8 Å². The Labute approximate surface area is 225 Å². The van der Waals surface area contributed by atoms with Gasteiger partial charge in [-0.3, -0.25) is 4.79 Å². The SMILES string of the molecule is C=C(CC1=CC=C(C(=O)N(CC)C(CC)CCNC)C(Cl)CC1)NC(C)c1nc2ccc(Cl)cc2[nH]1. The van der Waals surface area contributed by atoms with Crippen LogP contribution < -0.4 is 10.6 Å². The van der Waals surface area contributed by atoms with Crippen molar-refractivity contribution in [3.05, 3.63) is 64.6 Å². The van der Waals surface area contributed by atoms with Crippen LogP contribution in [0.2, 0.25) is 5.02 Å². The van der Waals surface area contributed by atoms with Gasteiger partial charge in [0, 0.05) is 35.3 Å². The van der Waals surface area contributed by atoms with E-state index in [1.165, 1.54) is 5.57 Å². The summed E-state index contributed by atoms with van der Waals surface area (Å²) in [5, 5.41) is 7.03. The Kier molecular flexibility index (Phi) is 10.5. The highest BCUT2D eigenvalue weighted by Gasteiger charge is 2.28. The molecule has 0 bridgehead atoms. The topological polar surface area (TPSA) is 73.1 Å². The number of fused-ring (bicyclic) bond motifs is 1. The first-order valence-electron chi connectivity index (χ1n) is 12.9. The fourth-order valence-corrected chi connectivity index (χ4v) is 5.19. The molecule has 196 valence electrons. The molecule has 3 atom stereocenters. The first-order valence-corrected chi connectivity index (χ1v) is 13.7. The molecule has 0 saturated heterocycles. The highest BCUT2D eigenvalue weighted by Crippen LogP contribution is 2.29. The molecule has 1 heterocycles. The second-order valence-electron chi connectivity index (χ2n) is 9.43. The third-order valence-corrected chi connectivity index (χ3v) is 7.46.